The predicted molar refractivity (Wildman–Crippen MR) is 205 cm³/mol. The summed E-state index contributed by atoms with van der Waals surface area (Å²) in [6, 6.07) is -0.373. The van der Waals surface area contributed by atoms with Gasteiger partial charge < -0.3 is 40.7 Å². The molecule has 0 aliphatic carbocycles. The first-order chi connectivity index (χ1) is 28.5. The van der Waals surface area contributed by atoms with E-state index in [0.717, 1.165) is 35.2 Å². The molecule has 4 aliphatic rings. The van der Waals surface area contributed by atoms with E-state index in [1.54, 1.807) is 6.07 Å². The third kappa shape index (κ3) is 9.53. The highest BCUT2D eigenvalue weighted by molar-refractivity contribution is 6.03. The second kappa shape index (κ2) is 18.2. The Kier molecular flexibility index (Phi) is 13.1. The van der Waals surface area contributed by atoms with Gasteiger partial charge in [0.25, 0.3) is 11.8 Å². The molecule has 3 saturated heterocycles. The lowest BCUT2D eigenvalue weighted by molar-refractivity contribution is -0.161. The summed E-state index contributed by atoms with van der Waals surface area (Å²) in [4.78, 5) is 102. The highest BCUT2D eigenvalue weighted by atomic mass is 19.1. The van der Waals surface area contributed by atoms with E-state index in [9.17, 15) is 52.0 Å². The molecule has 7 amide bonds. The molecule has 0 saturated carbocycles. The molecule has 16 nitrogen and oxygen atoms in total. The number of nitrogens with zero attached hydrogens (tertiary/aromatic N) is 4. The van der Waals surface area contributed by atoms with Gasteiger partial charge in [-0.05, 0) is 87.8 Å². The molecule has 6 rings (SSSR count). The fraction of sp³-hybridized carbons (Fsp3) is 0.463. The molecule has 0 spiro atoms. The molecule has 19 heteroatoms. The van der Waals surface area contributed by atoms with Gasteiger partial charge in [-0.3, -0.25) is 24.0 Å². The molecule has 0 aromatic heterocycles. The maximum Gasteiger partial charge on any atom is 0.329 e. The van der Waals surface area contributed by atoms with E-state index in [1.807, 2.05) is 6.92 Å². The molecule has 2 aromatic rings. The number of ether oxygens (including phenoxy) is 1. The summed E-state index contributed by atoms with van der Waals surface area (Å²) in [6.45, 7) is 4.97. The van der Waals surface area contributed by atoms with Crippen molar-refractivity contribution in [2.24, 2.45) is 5.92 Å². The summed E-state index contributed by atoms with van der Waals surface area (Å²) in [5, 5.41) is 19.2. The summed E-state index contributed by atoms with van der Waals surface area (Å²) in [5.41, 5.74) is -0.578. The fourth-order valence-corrected chi connectivity index (χ4v) is 8.04. The number of amides is 7. The average molecular weight is 835 g/mol. The topological polar surface area (TPSA) is 210 Å². The lowest BCUT2D eigenvalue weighted by Crippen LogP contribution is -2.61. The van der Waals surface area contributed by atoms with Crippen LogP contribution in [0.15, 0.2) is 48.2 Å². The predicted octanol–water partition coefficient (Wildman–Crippen LogP) is 2.38. The first-order valence-electron chi connectivity index (χ1n) is 19.7. The van der Waals surface area contributed by atoms with Crippen molar-refractivity contribution in [1.29, 1.82) is 5.26 Å². The van der Waals surface area contributed by atoms with Crippen LogP contribution in [0.5, 0.6) is 0 Å². The van der Waals surface area contributed by atoms with Crippen LogP contribution in [0.3, 0.4) is 0 Å². The lowest BCUT2D eigenvalue weighted by atomic mass is 10.00. The van der Waals surface area contributed by atoms with Crippen LogP contribution in [0.4, 0.5) is 23.7 Å². The molecule has 3 fully saturated rings. The molecular weight excluding hydrogens is 789 g/mol. The minimum absolute atomic E-state index is 0.0217. The number of cyclic esters (lactones) is 1. The van der Waals surface area contributed by atoms with Gasteiger partial charge in [-0.2, -0.15) is 5.26 Å². The summed E-state index contributed by atoms with van der Waals surface area (Å²) in [6.07, 6.45) is 1.43. The van der Waals surface area contributed by atoms with Crippen LogP contribution < -0.4 is 21.3 Å². The second-order valence-corrected chi connectivity index (χ2v) is 15.5. The Labute approximate surface area is 343 Å². The Morgan fingerprint density at radius 3 is 2.40 bits per heavy atom. The minimum atomic E-state index is -1.74. The van der Waals surface area contributed by atoms with Crippen LogP contribution in [0.2, 0.25) is 0 Å². The van der Waals surface area contributed by atoms with Gasteiger partial charge in [-0.15, -0.1) is 0 Å². The summed E-state index contributed by atoms with van der Waals surface area (Å²) in [7, 11) is 0. The van der Waals surface area contributed by atoms with E-state index in [0.29, 0.717) is 25.3 Å². The van der Waals surface area contributed by atoms with Gasteiger partial charge in [-0.1, -0.05) is 13.0 Å². The largest absolute Gasteiger partial charge is 0.458 e. The number of piperidine rings is 1. The smallest absolute Gasteiger partial charge is 0.329 e. The molecule has 7 atom stereocenters. The van der Waals surface area contributed by atoms with E-state index in [-0.39, 0.29) is 60.9 Å². The quantitative estimate of drug-likeness (QED) is 0.315. The summed E-state index contributed by atoms with van der Waals surface area (Å²) in [5.74, 6) is -7.59. The van der Waals surface area contributed by atoms with Crippen molar-refractivity contribution >= 4 is 47.2 Å². The summed E-state index contributed by atoms with van der Waals surface area (Å²) < 4.78 is 48.5. The molecule has 60 heavy (non-hydrogen) atoms. The normalized spacial score (nSPS) is 25.5. The molecule has 4 aliphatic heterocycles. The van der Waals surface area contributed by atoms with Crippen molar-refractivity contribution in [3.8, 4) is 6.07 Å². The highest BCUT2D eigenvalue weighted by Gasteiger charge is 2.46. The third-order valence-corrected chi connectivity index (χ3v) is 11.0. The molecule has 0 radical (unpaired) electrons. The highest BCUT2D eigenvalue weighted by Crippen LogP contribution is 2.28. The fourth-order valence-electron chi connectivity index (χ4n) is 8.04. The van der Waals surface area contributed by atoms with Gasteiger partial charge in [0, 0.05) is 37.8 Å². The SMILES string of the molecule is C[C@@H]1C[C@H]2C(=O)O[C@@H](C)[C@H](NC(=O)[C@H](Cc3cc(F)cc(F)c3)NC(=O)Nc3ccc(F)c(C#N)c3)C(=O)N3CCC=C3C(=O)N3CCCC[C@H]3C(=O)N[C@@H](C)C(=O)N2C1. The number of halogens is 3. The number of hydrogen-bond donors (Lipinski definition) is 4. The minimum Gasteiger partial charge on any atom is -0.458 e. The molecular formula is C41H45F3N8O8. The number of carbonyl (C=O) groups excluding carboxylic acids is 7. The second-order valence-electron chi connectivity index (χ2n) is 15.5. The van der Waals surface area contributed by atoms with Gasteiger partial charge in [0.1, 0.15) is 65.5 Å². The Balaban J connectivity index is 1.34. The van der Waals surface area contributed by atoms with Crippen molar-refractivity contribution in [3.05, 3.63) is 76.7 Å². The molecule has 4 heterocycles. The van der Waals surface area contributed by atoms with Crippen molar-refractivity contribution in [2.75, 3.05) is 25.0 Å². The number of rotatable bonds is 6. The van der Waals surface area contributed by atoms with Crippen LogP contribution in [0, 0.1) is 34.7 Å². The Morgan fingerprint density at radius 1 is 0.950 bits per heavy atom. The summed E-state index contributed by atoms with van der Waals surface area (Å²) >= 11 is 0. The monoisotopic (exact) mass is 834 g/mol. The van der Waals surface area contributed by atoms with E-state index in [1.165, 1.54) is 29.7 Å². The van der Waals surface area contributed by atoms with E-state index in [2.05, 4.69) is 21.3 Å². The van der Waals surface area contributed by atoms with Gasteiger partial charge in [0.05, 0.1) is 5.56 Å². The zero-order valence-electron chi connectivity index (χ0n) is 33.1. The van der Waals surface area contributed by atoms with Gasteiger partial charge in [0.2, 0.25) is 17.7 Å². The first-order valence-corrected chi connectivity index (χ1v) is 19.7. The van der Waals surface area contributed by atoms with Crippen LogP contribution in [-0.2, 0) is 39.9 Å². The third-order valence-electron chi connectivity index (χ3n) is 11.0. The number of fused-ring (bicyclic) bond motifs is 3. The maximum absolute atomic E-state index is 14.6. The number of hydrogen-bond acceptors (Lipinski definition) is 9. The molecule has 0 unspecified atom stereocenters. The molecule has 318 valence electrons. The number of anilines is 1. The van der Waals surface area contributed by atoms with Gasteiger partial charge >= 0.3 is 12.0 Å². The number of urea groups is 1. The van der Waals surface area contributed by atoms with Crippen molar-refractivity contribution < 1.29 is 51.5 Å². The van der Waals surface area contributed by atoms with Crippen LogP contribution in [0.1, 0.15) is 64.0 Å². The zero-order valence-corrected chi connectivity index (χ0v) is 33.1. The Bertz CT molecular complexity index is 2140. The van der Waals surface area contributed by atoms with E-state index in [4.69, 9.17) is 4.74 Å². The van der Waals surface area contributed by atoms with Crippen LogP contribution >= 0.6 is 0 Å². The molecule has 4 N–H and O–H groups in total. The average Bonchev–Trinajstić information content (AvgIpc) is 3.86. The number of carbonyl (C=O) groups is 7. The van der Waals surface area contributed by atoms with Crippen molar-refractivity contribution in [1.82, 2.24) is 30.7 Å². The Hall–Kier alpha value is -6.45. The first kappa shape index (κ1) is 43.1. The number of benzene rings is 2. The number of nitriles is 1. The van der Waals surface area contributed by atoms with E-state index >= 15 is 0 Å². The maximum atomic E-state index is 14.6. The standard InChI is InChI=1S/C41H45F3N8O8/c1-21-13-33-40(58)60-23(3)34(39(57)51-12-6-8-32(51)38(56)50-11-5-4-7-31(50)36(54)46-22(2)37(55)52(33)20-21)49-35(53)30(16-24-14-26(42)18-27(43)15-24)48-41(59)47-28-9-10-29(44)25(17-28)19-45/h8-10,14-15,17-18,21-23,30-31,33-34H,4-7,11-13,16,20H2,1-3H3,(H,46,54)(H,49,53)(H2,47,48,59)/t21-,22+,23+,30+,31+,33+,34+/m1/s1. The lowest BCUT2D eigenvalue weighted by Gasteiger charge is -2.38. The van der Waals surface area contributed by atoms with Crippen LogP contribution in [-0.4, -0.2) is 112 Å². The van der Waals surface area contributed by atoms with Crippen molar-refractivity contribution in [2.45, 2.75) is 95.6 Å². The van der Waals surface area contributed by atoms with Gasteiger partial charge in [0.15, 0.2) is 0 Å². The van der Waals surface area contributed by atoms with E-state index < -0.39 is 102 Å². The molecule has 2 aromatic carbocycles. The van der Waals surface area contributed by atoms with Crippen LogP contribution in [0.25, 0.3) is 0 Å². The Morgan fingerprint density at radius 2 is 1.68 bits per heavy atom. The zero-order chi connectivity index (χ0) is 43.4. The van der Waals surface area contributed by atoms with Gasteiger partial charge in [-0.25, -0.2) is 22.8 Å². The number of nitrogens with one attached hydrogen (secondary N) is 4. The van der Waals surface area contributed by atoms with Crippen molar-refractivity contribution in [3.63, 3.8) is 0 Å². The number of esters is 1. The molecule has 0 bridgehead atoms.